The Balaban J connectivity index is 1.03. The van der Waals surface area contributed by atoms with Gasteiger partial charge in [-0.3, -0.25) is 20.0 Å². The molecule has 0 unspecified atom stereocenters. The Morgan fingerprint density at radius 3 is 0.679 bits per heavy atom. The van der Waals surface area contributed by atoms with E-state index in [1.165, 1.54) is 0 Å². The number of phenols is 4. The van der Waals surface area contributed by atoms with Crippen LogP contribution in [-0.2, 0) is 21.7 Å². The lowest BCUT2D eigenvalue weighted by molar-refractivity contribution is 0.390. The lowest BCUT2D eigenvalue weighted by atomic mass is 9.83. The van der Waals surface area contributed by atoms with Gasteiger partial charge in [-0.1, -0.05) is 109 Å². The monoisotopic (exact) mass is 1190 g/mol. The van der Waals surface area contributed by atoms with E-state index >= 15 is 0 Å². The fourth-order valence-electron chi connectivity index (χ4n) is 12.0. The number of nitrogens with zero attached hydrogens (tertiary/aromatic N) is 4. The quantitative estimate of drug-likeness (QED) is 0.120. The Labute approximate surface area is 513 Å². The predicted octanol–water partition coefficient (Wildman–Crippen LogP) is 20.0. The summed E-state index contributed by atoms with van der Waals surface area (Å²) in [6.07, 6.45) is 16.0. The van der Waals surface area contributed by atoms with Gasteiger partial charge in [-0.05, 0) is 167 Å². The van der Waals surface area contributed by atoms with Gasteiger partial charge < -0.3 is 20.4 Å². The highest BCUT2D eigenvalue weighted by Crippen LogP contribution is 2.50. The van der Waals surface area contributed by atoms with E-state index in [9.17, 15) is 20.4 Å². The van der Waals surface area contributed by atoms with E-state index in [0.29, 0.717) is 0 Å². The molecule has 16 bridgehead atoms. The van der Waals surface area contributed by atoms with Crippen LogP contribution >= 0.6 is 45.3 Å². The van der Waals surface area contributed by atoms with Crippen LogP contribution in [0.4, 0.5) is 0 Å². The molecular weight excluding hydrogens is 1110 g/mol. The summed E-state index contributed by atoms with van der Waals surface area (Å²) in [6.45, 7) is 25.7. The summed E-state index contributed by atoms with van der Waals surface area (Å²) in [5.41, 5.74) is 8.98. The van der Waals surface area contributed by atoms with E-state index in [0.717, 1.165) is 157 Å². The molecule has 0 radical (unpaired) electrons. The second kappa shape index (κ2) is 23.1. The first-order valence-electron chi connectivity index (χ1n) is 29.8. The third-order valence-electron chi connectivity index (χ3n) is 16.8. The van der Waals surface area contributed by atoms with Crippen molar-refractivity contribution in [3.05, 3.63) is 142 Å². The molecule has 11 rings (SSSR count). The van der Waals surface area contributed by atoms with Gasteiger partial charge in [0.05, 0.1) is 24.2 Å². The first kappa shape index (κ1) is 59.3. The number of fused-ring (bicyclic) bond motifs is 24. The second-order valence-electron chi connectivity index (χ2n) is 27.5. The largest absolute Gasteiger partial charge is 0.507 e. The maximum Gasteiger partial charge on any atom is 0.127 e. The summed E-state index contributed by atoms with van der Waals surface area (Å²) in [4.78, 5) is 29.4. The number of phenolic OH excluding ortho intramolecular Hbond substituents is 4. The number of hydrogen-bond acceptors (Lipinski definition) is 12. The first-order chi connectivity index (χ1) is 39.8. The van der Waals surface area contributed by atoms with Crippen molar-refractivity contribution >= 4 is 70.2 Å². The van der Waals surface area contributed by atoms with Crippen molar-refractivity contribution < 1.29 is 20.4 Å². The van der Waals surface area contributed by atoms with E-state index in [1.54, 1.807) is 45.3 Å². The molecule has 5 heterocycles. The van der Waals surface area contributed by atoms with Gasteiger partial charge in [0.2, 0.25) is 0 Å². The van der Waals surface area contributed by atoms with Gasteiger partial charge in [0.15, 0.2) is 0 Å². The van der Waals surface area contributed by atoms with Crippen LogP contribution in [0, 0.1) is 0 Å². The predicted molar refractivity (Wildman–Crippen MR) is 361 cm³/mol. The van der Waals surface area contributed by atoms with Gasteiger partial charge in [0, 0.05) is 108 Å². The molecule has 8 aromatic rings. The Kier molecular flexibility index (Phi) is 16.3. The van der Waals surface area contributed by atoms with Crippen molar-refractivity contribution in [1.29, 1.82) is 0 Å². The molecule has 1 aliphatic heterocycles. The van der Waals surface area contributed by atoms with Crippen molar-refractivity contribution in [2.24, 2.45) is 20.0 Å². The summed E-state index contributed by atoms with van der Waals surface area (Å²) >= 11 is 6.62. The fraction of sp³-hybridized carbons (Fsp3) is 0.389. The summed E-state index contributed by atoms with van der Waals surface area (Å²) in [5, 5.41) is 48.3. The summed E-state index contributed by atoms with van der Waals surface area (Å²) < 4.78 is 0. The standard InChI is InChI=1S/C72H80N4O4S4/c1-69(2,3)49-33-41-29-45(65(49)77)57-21-25-61(81-57)62-26-22-58(82-62)46-31-43(35-51(66(46)78)71(7,8)9)39-75-55-19-15-16-20-56(55)76-40-44-32-48(68(80)52(36-44)72(10,11)12)60-24-28-64(84-60)63-27-23-59(83-63)47-30-42(34-50(67(47)79)70(4,5)6)38-74-54-18-14-13-17-53(54)73-37-41/h21-40,53-56,77-80H,13-20H2,1-12H3/t53-,54-,55-,56-/m0/s1. The fourth-order valence-corrected chi connectivity index (χ4v) is 16.3. The lowest BCUT2D eigenvalue weighted by Crippen LogP contribution is -2.27. The van der Waals surface area contributed by atoms with Crippen LogP contribution in [0.3, 0.4) is 0 Å². The average molecular weight is 1190 g/mol. The molecule has 436 valence electrons. The minimum absolute atomic E-state index is 0.0218. The van der Waals surface area contributed by atoms with Gasteiger partial charge in [-0.15, -0.1) is 45.3 Å². The minimum atomic E-state index is -0.336. The molecular formula is C72H80N4O4S4. The van der Waals surface area contributed by atoms with Crippen LogP contribution < -0.4 is 0 Å². The maximum absolute atomic E-state index is 12.1. The van der Waals surface area contributed by atoms with E-state index < -0.39 is 0 Å². The third kappa shape index (κ3) is 12.5. The molecule has 2 fully saturated rings. The number of rotatable bonds is 0. The van der Waals surface area contributed by atoms with Crippen LogP contribution in [0.25, 0.3) is 61.3 Å². The molecule has 0 saturated heterocycles. The molecule has 3 aliphatic rings. The zero-order valence-electron chi connectivity index (χ0n) is 50.7. The first-order valence-corrected chi connectivity index (χ1v) is 33.1. The number of aromatic hydroxyl groups is 4. The van der Waals surface area contributed by atoms with E-state index in [2.05, 4.69) is 180 Å². The molecule has 4 aromatic heterocycles. The average Bonchev–Trinajstić information content (AvgIpc) is 4.36. The van der Waals surface area contributed by atoms with E-state index in [4.69, 9.17) is 20.0 Å². The van der Waals surface area contributed by atoms with Crippen molar-refractivity contribution in [1.82, 2.24) is 0 Å². The molecule has 4 atom stereocenters. The molecule has 2 aliphatic carbocycles. The zero-order valence-corrected chi connectivity index (χ0v) is 54.0. The van der Waals surface area contributed by atoms with Gasteiger partial charge in [0.1, 0.15) is 23.0 Å². The van der Waals surface area contributed by atoms with E-state index in [1.807, 2.05) is 24.9 Å². The third-order valence-corrected chi connectivity index (χ3v) is 21.6. The zero-order chi connectivity index (χ0) is 59.6. The SMILES string of the molecule is CC(C)(C)c1cc2cc(c1O)-c1ccc(s1)-c1ccc(s1)-c1cc(cc(C(C)(C)C)c1O)C=N[C@H]1CCCC[C@@H]1N=Cc1cc(c(O)c(C(C)(C)C)c1)-c1ccc(s1)-c1ccc(s1)-c1cc(cc(C(C)(C)C)c1O)C=N[C@H]1CCCC[C@@H]1N=C2. The number of hydrogen-bond donors (Lipinski definition) is 4. The van der Waals surface area contributed by atoms with Crippen molar-refractivity contribution in [3.63, 3.8) is 0 Å². The summed E-state index contributed by atoms with van der Waals surface area (Å²) in [6, 6.07) is 33.6. The van der Waals surface area contributed by atoms with Crippen LogP contribution in [0.15, 0.2) is 117 Å². The van der Waals surface area contributed by atoms with Crippen LogP contribution in [0.5, 0.6) is 23.0 Å². The maximum atomic E-state index is 12.1. The minimum Gasteiger partial charge on any atom is -0.507 e. The van der Waals surface area contributed by atoms with Gasteiger partial charge >= 0.3 is 0 Å². The second-order valence-corrected chi connectivity index (χ2v) is 31.8. The lowest BCUT2D eigenvalue weighted by Gasteiger charge is -2.26. The Bertz CT molecular complexity index is 3390. The van der Waals surface area contributed by atoms with Gasteiger partial charge in [0.25, 0.3) is 0 Å². The summed E-state index contributed by atoms with van der Waals surface area (Å²) in [7, 11) is 0. The Morgan fingerprint density at radius 2 is 0.488 bits per heavy atom. The van der Waals surface area contributed by atoms with Crippen LogP contribution in [0.2, 0.25) is 0 Å². The molecule has 8 nitrogen and oxygen atoms in total. The summed E-state index contributed by atoms with van der Waals surface area (Å²) in [5.74, 6) is 1.14. The topological polar surface area (TPSA) is 130 Å². The molecule has 0 amide bonds. The molecule has 4 aromatic carbocycles. The van der Waals surface area contributed by atoms with Crippen molar-refractivity contribution in [2.45, 2.75) is 180 Å². The number of benzene rings is 4. The van der Waals surface area contributed by atoms with Crippen LogP contribution in [0.1, 0.15) is 179 Å². The molecule has 0 spiro atoms. The molecule has 4 N–H and O–H groups in total. The highest BCUT2D eigenvalue weighted by Gasteiger charge is 2.30. The van der Waals surface area contributed by atoms with Crippen LogP contribution in [-0.4, -0.2) is 69.5 Å². The molecule has 84 heavy (non-hydrogen) atoms. The van der Waals surface area contributed by atoms with E-state index in [-0.39, 0.29) is 68.8 Å². The van der Waals surface area contributed by atoms with Gasteiger partial charge in [-0.2, -0.15) is 0 Å². The van der Waals surface area contributed by atoms with Crippen molar-refractivity contribution in [3.8, 4) is 84.3 Å². The van der Waals surface area contributed by atoms with Crippen molar-refractivity contribution in [2.75, 3.05) is 0 Å². The Hall–Kier alpha value is -6.44. The molecule has 12 heteroatoms. The molecule has 2 saturated carbocycles. The normalized spacial score (nSPS) is 18.8. The number of aliphatic imine (C=N–C) groups is 4. The van der Waals surface area contributed by atoms with Gasteiger partial charge in [-0.25, -0.2) is 0 Å². The number of thiophene rings is 4. The highest BCUT2D eigenvalue weighted by molar-refractivity contribution is 7.26. The smallest absolute Gasteiger partial charge is 0.127 e. The highest BCUT2D eigenvalue weighted by atomic mass is 32.1. The Morgan fingerprint density at radius 1 is 0.298 bits per heavy atom.